The maximum atomic E-state index is 13.1. The number of rotatable bonds is 9. The van der Waals surface area contributed by atoms with E-state index in [1.165, 1.54) is 17.1 Å². The van der Waals surface area contributed by atoms with E-state index in [1.807, 2.05) is 13.1 Å². The molecule has 0 aromatic heterocycles. The molecule has 1 atom stereocenters. The molecule has 1 aromatic rings. The number of benzene rings is 1. The molecule has 130 valence electrons. The van der Waals surface area contributed by atoms with E-state index in [-0.39, 0.29) is 17.6 Å². The molecule has 1 aliphatic heterocycles. The van der Waals surface area contributed by atoms with Crippen molar-refractivity contribution in [3.8, 4) is 0 Å². The number of hydrazone groups is 1. The normalized spacial score (nSPS) is 17.8. The lowest BCUT2D eigenvalue weighted by Gasteiger charge is -2.11. The number of carbonyl (C=O) groups is 1. The Hall–Kier alpha value is -2.08. The highest BCUT2D eigenvalue weighted by Crippen LogP contribution is 2.24. The third-order valence-electron chi connectivity index (χ3n) is 3.74. The molecule has 1 amide bonds. The summed E-state index contributed by atoms with van der Waals surface area (Å²) in [5.41, 5.74) is 1.42. The van der Waals surface area contributed by atoms with Crippen molar-refractivity contribution in [2.75, 3.05) is 24.8 Å². The lowest BCUT2D eigenvalue weighted by atomic mass is 10.0. The molecule has 0 saturated heterocycles. The van der Waals surface area contributed by atoms with Gasteiger partial charge in [-0.1, -0.05) is 13.3 Å². The average molecular weight is 334 g/mol. The lowest BCUT2D eigenvalue weighted by Crippen LogP contribution is -2.71. The molecule has 0 bridgehead atoms. The van der Waals surface area contributed by atoms with Crippen LogP contribution in [0.25, 0.3) is 0 Å². The van der Waals surface area contributed by atoms with Gasteiger partial charge in [0, 0.05) is 13.0 Å². The fourth-order valence-electron chi connectivity index (χ4n) is 2.53. The Morgan fingerprint density at radius 3 is 2.75 bits per heavy atom. The smallest absolute Gasteiger partial charge is 0.266 e. The number of ether oxygens (including phenoxy) is 1. The zero-order valence-electron chi connectivity index (χ0n) is 14.3. The Kier molecular flexibility index (Phi) is 7.06. The minimum atomic E-state index is -0.373. The summed E-state index contributed by atoms with van der Waals surface area (Å²) >= 11 is 0. The van der Waals surface area contributed by atoms with E-state index >= 15 is 0 Å². The zero-order valence-corrected chi connectivity index (χ0v) is 14.3. The first-order chi connectivity index (χ1) is 11.7. The van der Waals surface area contributed by atoms with Crippen molar-refractivity contribution in [3.05, 3.63) is 30.1 Å². The van der Waals surface area contributed by atoms with Gasteiger partial charge in [0.1, 0.15) is 12.4 Å². The Morgan fingerprint density at radius 1 is 1.33 bits per heavy atom. The van der Waals surface area contributed by atoms with E-state index in [4.69, 9.17) is 4.74 Å². The van der Waals surface area contributed by atoms with Gasteiger partial charge in [-0.2, -0.15) is 10.1 Å². The maximum Gasteiger partial charge on any atom is 0.266 e. The van der Waals surface area contributed by atoms with Crippen molar-refractivity contribution in [1.29, 1.82) is 0 Å². The second-order valence-corrected chi connectivity index (χ2v) is 5.62. The molecule has 1 N–H and O–H groups in total. The van der Waals surface area contributed by atoms with Crippen LogP contribution in [0.1, 0.15) is 33.1 Å². The molecule has 0 aliphatic carbocycles. The van der Waals surface area contributed by atoms with Crippen LogP contribution < -0.4 is 10.0 Å². The zero-order chi connectivity index (χ0) is 17.4. The van der Waals surface area contributed by atoms with E-state index in [0.29, 0.717) is 18.9 Å². The van der Waals surface area contributed by atoms with Crippen molar-refractivity contribution in [2.24, 2.45) is 11.0 Å². The largest absolute Gasteiger partial charge is 0.381 e. The highest BCUT2D eigenvalue weighted by atomic mass is 19.1. The first-order valence-electron chi connectivity index (χ1n) is 8.48. The quantitative estimate of drug-likeness (QED) is 0.550. The molecule has 0 fully saturated rings. The number of anilines is 1. The van der Waals surface area contributed by atoms with Crippen molar-refractivity contribution in [2.45, 2.75) is 33.1 Å². The summed E-state index contributed by atoms with van der Waals surface area (Å²) < 4.78 is 18.4. The van der Waals surface area contributed by atoms with Crippen LogP contribution >= 0.6 is 0 Å². The van der Waals surface area contributed by atoms with Gasteiger partial charge in [-0.15, -0.1) is 0 Å². The Balaban J connectivity index is 2.05. The summed E-state index contributed by atoms with van der Waals surface area (Å²) in [4.78, 5) is 15.9. The van der Waals surface area contributed by atoms with E-state index < -0.39 is 0 Å². The number of halogens is 1. The molecule has 6 heteroatoms. The van der Waals surface area contributed by atoms with Gasteiger partial charge in [-0.05, 0) is 37.6 Å². The molecule has 1 heterocycles. The summed E-state index contributed by atoms with van der Waals surface area (Å²) in [5.74, 6) is -0.813. The van der Waals surface area contributed by atoms with Gasteiger partial charge in [-0.25, -0.2) is 4.39 Å². The van der Waals surface area contributed by atoms with Crippen LogP contribution in [0.2, 0.25) is 0 Å². The molecule has 0 spiro atoms. The summed E-state index contributed by atoms with van der Waals surface area (Å²) in [6, 6.07) is 5.80. The van der Waals surface area contributed by atoms with Crippen LogP contribution in [0.5, 0.6) is 0 Å². The number of carbonyl (C=O) groups excluding carboxylic acids is 1. The van der Waals surface area contributed by atoms with Gasteiger partial charge >= 0.3 is 0 Å². The minimum absolute atomic E-state index is 0.109. The van der Waals surface area contributed by atoms with Gasteiger partial charge < -0.3 is 4.74 Å². The second kappa shape index (κ2) is 9.27. The monoisotopic (exact) mass is 334 g/mol. The van der Waals surface area contributed by atoms with E-state index in [1.54, 1.807) is 12.1 Å². The van der Waals surface area contributed by atoms with Gasteiger partial charge in [0.05, 0.1) is 18.0 Å². The molecular formula is C18H25FN3O2+. The highest BCUT2D eigenvalue weighted by Gasteiger charge is 2.36. The SMILES string of the molecule is CCCC1=NN(c2ccc(F)cc2)C(=O)[C@H]1C=[NH+]CCCOCC. The van der Waals surface area contributed by atoms with Crippen molar-refractivity contribution in [3.63, 3.8) is 0 Å². The van der Waals surface area contributed by atoms with Crippen molar-refractivity contribution >= 4 is 23.5 Å². The summed E-state index contributed by atoms with van der Waals surface area (Å²) in [6.07, 6.45) is 4.36. The summed E-state index contributed by atoms with van der Waals surface area (Å²) in [7, 11) is 0. The molecule has 1 aromatic carbocycles. The first kappa shape index (κ1) is 18.3. The standard InChI is InChI=1S/C18H24FN3O2/c1-3-6-17-16(13-20-11-5-12-24-4-2)18(23)22(21-17)15-9-7-14(19)8-10-15/h7-10,13,16H,3-6,11-12H2,1-2H3/p+1/t16-/m0/s1. The van der Waals surface area contributed by atoms with Crippen molar-refractivity contribution in [1.82, 2.24) is 0 Å². The molecule has 2 rings (SSSR count). The lowest BCUT2D eigenvalue weighted by molar-refractivity contribution is -0.454. The van der Waals surface area contributed by atoms with Crippen molar-refractivity contribution < 1.29 is 18.9 Å². The Morgan fingerprint density at radius 2 is 2.08 bits per heavy atom. The van der Waals surface area contributed by atoms with Crippen LogP contribution in [-0.4, -0.2) is 37.6 Å². The maximum absolute atomic E-state index is 13.1. The van der Waals surface area contributed by atoms with Crippen LogP contribution in [0.3, 0.4) is 0 Å². The second-order valence-electron chi connectivity index (χ2n) is 5.62. The Bertz CT molecular complexity index is 599. The molecule has 24 heavy (non-hydrogen) atoms. The van der Waals surface area contributed by atoms with Gasteiger partial charge in [0.15, 0.2) is 12.1 Å². The van der Waals surface area contributed by atoms with Gasteiger partial charge in [0.25, 0.3) is 5.91 Å². The molecule has 1 aliphatic rings. The fourth-order valence-corrected chi connectivity index (χ4v) is 2.53. The van der Waals surface area contributed by atoms with E-state index in [9.17, 15) is 9.18 Å². The number of hydrogen-bond donors (Lipinski definition) is 1. The number of nitrogens with one attached hydrogen (secondary N) is 1. The van der Waals surface area contributed by atoms with Gasteiger partial charge in [-0.3, -0.25) is 9.79 Å². The molecular weight excluding hydrogens is 309 g/mol. The highest BCUT2D eigenvalue weighted by molar-refractivity contribution is 6.23. The number of nitrogens with zero attached hydrogens (tertiary/aromatic N) is 2. The van der Waals surface area contributed by atoms with Crippen LogP contribution in [0.15, 0.2) is 29.4 Å². The van der Waals surface area contributed by atoms with Crippen LogP contribution in [-0.2, 0) is 9.53 Å². The predicted molar refractivity (Wildman–Crippen MR) is 92.7 cm³/mol. The fraction of sp³-hybridized carbons (Fsp3) is 0.500. The predicted octanol–water partition coefficient (Wildman–Crippen LogP) is 1.52. The molecule has 0 unspecified atom stereocenters. The van der Waals surface area contributed by atoms with Gasteiger partial charge in [0.2, 0.25) is 0 Å². The molecule has 0 saturated carbocycles. The van der Waals surface area contributed by atoms with E-state index in [2.05, 4.69) is 17.0 Å². The third kappa shape index (κ3) is 4.71. The van der Waals surface area contributed by atoms with E-state index in [0.717, 1.165) is 31.5 Å². The average Bonchev–Trinajstić information content (AvgIpc) is 2.88. The van der Waals surface area contributed by atoms with Crippen LogP contribution in [0, 0.1) is 11.7 Å². The van der Waals surface area contributed by atoms with Crippen LogP contribution in [0.4, 0.5) is 10.1 Å². The Labute approximate surface area is 142 Å². The summed E-state index contributed by atoms with van der Waals surface area (Å²) in [5, 5.41) is 5.82. The third-order valence-corrected chi connectivity index (χ3v) is 3.74. The number of amides is 1. The molecule has 5 nitrogen and oxygen atoms in total. The number of hydrogen-bond acceptors (Lipinski definition) is 3. The topological polar surface area (TPSA) is 55.9 Å². The first-order valence-corrected chi connectivity index (χ1v) is 8.48. The minimum Gasteiger partial charge on any atom is -0.381 e. The summed E-state index contributed by atoms with van der Waals surface area (Å²) in [6.45, 7) is 6.19. The molecule has 0 radical (unpaired) electrons.